The lowest BCUT2D eigenvalue weighted by Gasteiger charge is -2.27. The minimum Gasteiger partial charge on any atom is -0.465 e. The molecule has 4 rings (SSSR count). The van der Waals surface area contributed by atoms with Crippen LogP contribution in [0.15, 0.2) is 18.2 Å². The molecule has 3 amide bonds. The van der Waals surface area contributed by atoms with Gasteiger partial charge in [-0.1, -0.05) is 13.8 Å². The first-order valence-corrected chi connectivity index (χ1v) is 12.8. The Kier molecular flexibility index (Phi) is 6.78. The van der Waals surface area contributed by atoms with Crippen LogP contribution in [0.2, 0.25) is 0 Å². The fourth-order valence-electron chi connectivity index (χ4n) is 4.58. The number of carbonyl (C=O) groups excluding carboxylic acids is 2. The number of fused-ring (bicyclic) bond motifs is 1. The van der Waals surface area contributed by atoms with E-state index in [-0.39, 0.29) is 29.6 Å². The number of amides is 3. The largest absolute Gasteiger partial charge is 0.465 e. The highest BCUT2D eigenvalue weighted by Gasteiger charge is 2.38. The number of benzene rings is 1. The minimum absolute atomic E-state index is 0.173. The number of hydrogen-bond donors (Lipinski definition) is 3. The Hall–Kier alpha value is -2.41. The van der Waals surface area contributed by atoms with E-state index in [9.17, 15) is 23.9 Å². The third-order valence-corrected chi connectivity index (χ3v) is 7.88. The highest BCUT2D eigenvalue weighted by atomic mass is 127. The molecular weight excluding hydrogens is 574 g/mol. The second-order valence-corrected chi connectivity index (χ2v) is 11.8. The van der Waals surface area contributed by atoms with Crippen molar-refractivity contribution in [3.8, 4) is 0 Å². The fraction of sp³-hybridized carbons (Fsp3) is 0.435. The second-order valence-electron chi connectivity index (χ2n) is 9.55. The first-order valence-electron chi connectivity index (χ1n) is 10.9. The van der Waals surface area contributed by atoms with Crippen LogP contribution < -0.4 is 10.6 Å². The van der Waals surface area contributed by atoms with Gasteiger partial charge >= 0.3 is 6.09 Å². The molecule has 1 fully saturated rings. The average molecular weight is 600 g/mol. The molecule has 8 nitrogen and oxygen atoms in total. The maximum atomic E-state index is 14.6. The SMILES string of the molecule is CN1CC(C)(C)Cc2c(sc(Nc3ccc(I)cc3F)c2C(=O)NC2CCN(C(=O)O)C2)C1=O. The standard InChI is InChI=1S/C23H26FIN4O4S/c1-23(2)9-14-17(19(30)26-13-6-7-29(10-13)22(32)33)20(34-18(14)21(31)28(3)11-23)27-16-5-4-12(25)8-15(16)24/h4-5,8,13,27H,6-7,9-11H2,1-3H3,(H,26,30)(H,32,33). The van der Waals surface area contributed by atoms with Crippen molar-refractivity contribution in [2.24, 2.45) is 5.41 Å². The average Bonchev–Trinajstić information content (AvgIpc) is 3.31. The summed E-state index contributed by atoms with van der Waals surface area (Å²) in [4.78, 5) is 41.4. The molecule has 1 unspecified atom stereocenters. The number of thiophene rings is 1. The van der Waals surface area contributed by atoms with E-state index in [0.717, 1.165) is 14.9 Å². The van der Waals surface area contributed by atoms with Crippen molar-refractivity contribution in [2.75, 3.05) is 32.0 Å². The number of nitrogens with one attached hydrogen (secondary N) is 2. The van der Waals surface area contributed by atoms with Crippen molar-refractivity contribution >= 4 is 62.5 Å². The molecule has 2 aliphatic rings. The second kappa shape index (κ2) is 9.33. The molecule has 2 aliphatic heterocycles. The van der Waals surface area contributed by atoms with Gasteiger partial charge in [0.15, 0.2) is 0 Å². The van der Waals surface area contributed by atoms with E-state index in [4.69, 9.17) is 0 Å². The molecule has 0 aliphatic carbocycles. The highest BCUT2D eigenvalue weighted by molar-refractivity contribution is 14.1. The summed E-state index contributed by atoms with van der Waals surface area (Å²) in [5, 5.41) is 15.6. The monoisotopic (exact) mass is 600 g/mol. The van der Waals surface area contributed by atoms with Gasteiger partial charge in [0.2, 0.25) is 0 Å². The van der Waals surface area contributed by atoms with Gasteiger partial charge in [0.25, 0.3) is 11.8 Å². The predicted molar refractivity (Wildman–Crippen MR) is 137 cm³/mol. The Morgan fingerprint density at radius 3 is 2.71 bits per heavy atom. The van der Waals surface area contributed by atoms with Crippen LogP contribution >= 0.6 is 33.9 Å². The summed E-state index contributed by atoms with van der Waals surface area (Å²) in [5.74, 6) is -1.02. The van der Waals surface area contributed by atoms with E-state index in [1.54, 1.807) is 24.1 Å². The lowest BCUT2D eigenvalue weighted by Crippen LogP contribution is -2.38. The van der Waals surface area contributed by atoms with Crippen molar-refractivity contribution in [2.45, 2.75) is 32.7 Å². The number of hydrogen-bond acceptors (Lipinski definition) is 5. The minimum atomic E-state index is -1.02. The Morgan fingerprint density at radius 2 is 2.06 bits per heavy atom. The molecule has 1 saturated heterocycles. The summed E-state index contributed by atoms with van der Waals surface area (Å²) in [6.07, 6.45) is -0.0139. The summed E-state index contributed by atoms with van der Waals surface area (Å²) >= 11 is 3.17. The molecule has 34 heavy (non-hydrogen) atoms. The Bertz CT molecular complexity index is 1170. The van der Waals surface area contributed by atoms with Crippen LogP contribution in [0.5, 0.6) is 0 Å². The van der Waals surface area contributed by atoms with Crippen LogP contribution in [0, 0.1) is 14.8 Å². The molecule has 1 aromatic heterocycles. The van der Waals surface area contributed by atoms with Crippen molar-refractivity contribution in [1.29, 1.82) is 0 Å². The Morgan fingerprint density at radius 1 is 1.32 bits per heavy atom. The van der Waals surface area contributed by atoms with E-state index in [0.29, 0.717) is 46.9 Å². The maximum absolute atomic E-state index is 14.6. The van der Waals surface area contributed by atoms with Gasteiger partial charge in [-0.3, -0.25) is 9.59 Å². The number of nitrogens with zero attached hydrogens (tertiary/aromatic N) is 2. The highest BCUT2D eigenvalue weighted by Crippen LogP contribution is 2.42. The van der Waals surface area contributed by atoms with Crippen molar-refractivity contribution in [3.05, 3.63) is 43.6 Å². The fourth-order valence-corrected chi connectivity index (χ4v) is 6.26. The van der Waals surface area contributed by atoms with Gasteiger partial charge in [-0.25, -0.2) is 9.18 Å². The van der Waals surface area contributed by atoms with Crippen molar-refractivity contribution < 1.29 is 23.9 Å². The topological polar surface area (TPSA) is 102 Å². The van der Waals surface area contributed by atoms with Crippen LogP contribution in [-0.2, 0) is 6.42 Å². The lowest BCUT2D eigenvalue weighted by atomic mass is 9.85. The molecule has 0 spiro atoms. The number of carbonyl (C=O) groups is 3. The molecule has 1 aromatic carbocycles. The number of carboxylic acid groups (broad SMARTS) is 1. The molecule has 2 aromatic rings. The van der Waals surface area contributed by atoms with Gasteiger partial charge in [-0.05, 0) is 64.6 Å². The lowest BCUT2D eigenvalue weighted by molar-refractivity contribution is 0.0757. The number of halogens is 2. The van der Waals surface area contributed by atoms with Gasteiger partial charge in [0.1, 0.15) is 10.8 Å². The molecule has 3 heterocycles. The molecule has 0 radical (unpaired) electrons. The van der Waals surface area contributed by atoms with Crippen LogP contribution in [0.25, 0.3) is 0 Å². The number of rotatable bonds is 4. The first kappa shape index (κ1) is 24.7. The Labute approximate surface area is 214 Å². The summed E-state index contributed by atoms with van der Waals surface area (Å²) in [6, 6.07) is 4.41. The third-order valence-electron chi connectivity index (χ3n) is 6.07. The molecule has 11 heteroatoms. The molecule has 3 N–H and O–H groups in total. The normalized spacial score (nSPS) is 19.6. The smallest absolute Gasteiger partial charge is 0.407 e. The summed E-state index contributed by atoms with van der Waals surface area (Å²) in [6.45, 7) is 5.17. The summed E-state index contributed by atoms with van der Waals surface area (Å²) in [7, 11) is 1.74. The van der Waals surface area contributed by atoms with Crippen LogP contribution in [0.4, 0.5) is 19.9 Å². The zero-order valence-corrected chi connectivity index (χ0v) is 22.0. The van der Waals surface area contributed by atoms with Gasteiger partial charge in [0.05, 0.1) is 16.1 Å². The zero-order valence-electron chi connectivity index (χ0n) is 19.1. The molecule has 1 atom stereocenters. The third kappa shape index (κ3) is 4.99. The van der Waals surface area contributed by atoms with Crippen LogP contribution in [0.1, 0.15) is 45.9 Å². The van der Waals surface area contributed by atoms with Crippen molar-refractivity contribution in [1.82, 2.24) is 15.1 Å². The maximum Gasteiger partial charge on any atom is 0.407 e. The van der Waals surface area contributed by atoms with Gasteiger partial charge in [-0.2, -0.15) is 0 Å². The summed E-state index contributed by atoms with van der Waals surface area (Å²) in [5.41, 5.74) is 0.903. The van der Waals surface area contributed by atoms with E-state index in [1.807, 2.05) is 36.4 Å². The summed E-state index contributed by atoms with van der Waals surface area (Å²) < 4.78 is 15.4. The quantitative estimate of drug-likeness (QED) is 0.453. The molecule has 0 bridgehead atoms. The Balaban J connectivity index is 1.74. The zero-order chi connectivity index (χ0) is 24.8. The predicted octanol–water partition coefficient (Wildman–Crippen LogP) is 4.37. The molecule has 182 valence electrons. The first-order chi connectivity index (χ1) is 15.9. The number of anilines is 2. The van der Waals surface area contributed by atoms with Gasteiger partial charge < -0.3 is 25.5 Å². The van der Waals surface area contributed by atoms with Crippen molar-refractivity contribution in [3.63, 3.8) is 0 Å². The van der Waals surface area contributed by atoms with Crippen LogP contribution in [-0.4, -0.2) is 65.5 Å². The van der Waals surface area contributed by atoms with Crippen LogP contribution in [0.3, 0.4) is 0 Å². The van der Waals surface area contributed by atoms with E-state index in [2.05, 4.69) is 10.6 Å². The number of likely N-dealkylation sites (tertiary alicyclic amines) is 1. The van der Waals surface area contributed by atoms with E-state index >= 15 is 0 Å². The molecular formula is C23H26FIN4O4S. The van der Waals surface area contributed by atoms with Gasteiger partial charge in [0, 0.05) is 36.3 Å². The van der Waals surface area contributed by atoms with Gasteiger partial charge in [-0.15, -0.1) is 11.3 Å². The molecule has 0 saturated carbocycles. The van der Waals surface area contributed by atoms with E-state index < -0.39 is 17.8 Å². The van der Waals surface area contributed by atoms with E-state index in [1.165, 1.54) is 11.0 Å².